The topological polar surface area (TPSA) is 49.4 Å². The molecule has 1 aliphatic carbocycles. The van der Waals surface area contributed by atoms with Gasteiger partial charge in [-0.05, 0) is 37.8 Å². The van der Waals surface area contributed by atoms with E-state index in [9.17, 15) is 9.59 Å². The maximum absolute atomic E-state index is 12.1. The van der Waals surface area contributed by atoms with E-state index in [0.29, 0.717) is 0 Å². The van der Waals surface area contributed by atoms with Gasteiger partial charge in [0.25, 0.3) is 0 Å². The van der Waals surface area contributed by atoms with E-state index in [-0.39, 0.29) is 23.1 Å². The number of carbonyl (C=O) groups is 2. The summed E-state index contributed by atoms with van der Waals surface area (Å²) in [6.07, 6.45) is 2.52. The maximum Gasteiger partial charge on any atom is 0.219 e. The molecule has 0 unspecified atom stereocenters. The van der Waals surface area contributed by atoms with Crippen LogP contribution in [0.1, 0.15) is 38.7 Å². The van der Waals surface area contributed by atoms with Crippen LogP contribution in [0.3, 0.4) is 0 Å². The van der Waals surface area contributed by atoms with E-state index in [4.69, 9.17) is 0 Å². The van der Waals surface area contributed by atoms with E-state index < -0.39 is 0 Å². The minimum absolute atomic E-state index is 0.136. The predicted octanol–water partition coefficient (Wildman–Crippen LogP) is 2.61. The number of anilines is 1. The van der Waals surface area contributed by atoms with Crippen LogP contribution in [0.2, 0.25) is 0 Å². The molecule has 1 amide bonds. The highest BCUT2D eigenvalue weighted by molar-refractivity contribution is 5.97. The lowest BCUT2D eigenvalue weighted by Gasteiger charge is -2.40. The van der Waals surface area contributed by atoms with Crippen LogP contribution < -0.4 is 5.32 Å². The number of benzene rings is 1. The monoisotopic (exact) mass is 296 g/mol. The fraction of sp³-hybridized carbons (Fsp3) is 0.444. The number of nitrogens with one attached hydrogen (secondary N) is 1. The average molecular weight is 296 g/mol. The Morgan fingerprint density at radius 2 is 2.05 bits per heavy atom. The first kappa shape index (κ1) is 13.6. The summed E-state index contributed by atoms with van der Waals surface area (Å²) in [6.45, 7) is 4.07. The van der Waals surface area contributed by atoms with Crippen molar-refractivity contribution < 1.29 is 9.59 Å². The van der Waals surface area contributed by atoms with Crippen molar-refractivity contribution in [3.63, 3.8) is 0 Å². The summed E-state index contributed by atoms with van der Waals surface area (Å²) >= 11 is 0. The molecule has 22 heavy (non-hydrogen) atoms. The van der Waals surface area contributed by atoms with E-state index in [0.717, 1.165) is 42.8 Å². The van der Waals surface area contributed by atoms with Crippen molar-refractivity contribution in [3.8, 4) is 0 Å². The molecule has 1 aromatic carbocycles. The molecule has 1 spiro atoms. The second kappa shape index (κ2) is 4.45. The molecule has 2 atom stereocenters. The Bertz CT molecular complexity index is 722. The molecule has 114 valence electrons. The van der Waals surface area contributed by atoms with Crippen LogP contribution >= 0.6 is 0 Å². The van der Waals surface area contributed by atoms with Crippen LogP contribution in [-0.2, 0) is 15.0 Å². The first-order valence-electron chi connectivity index (χ1n) is 7.94. The summed E-state index contributed by atoms with van der Waals surface area (Å²) in [6, 6.07) is 8.45. The fourth-order valence-electron chi connectivity index (χ4n) is 4.74. The van der Waals surface area contributed by atoms with Crippen LogP contribution in [0.15, 0.2) is 35.5 Å². The minimum atomic E-state index is -0.207. The van der Waals surface area contributed by atoms with Gasteiger partial charge < -0.3 is 10.2 Å². The Balaban J connectivity index is 1.96. The molecule has 1 saturated heterocycles. The third-order valence-corrected chi connectivity index (χ3v) is 5.60. The van der Waals surface area contributed by atoms with E-state index >= 15 is 0 Å². The fourth-order valence-corrected chi connectivity index (χ4v) is 4.74. The highest BCUT2D eigenvalue weighted by atomic mass is 16.2. The van der Waals surface area contributed by atoms with Crippen molar-refractivity contribution in [2.24, 2.45) is 0 Å². The average Bonchev–Trinajstić information content (AvgIpc) is 3.03. The van der Waals surface area contributed by atoms with E-state index in [1.807, 2.05) is 17.0 Å². The normalized spacial score (nSPS) is 28.8. The molecule has 4 rings (SSSR count). The van der Waals surface area contributed by atoms with E-state index in [1.165, 1.54) is 5.56 Å². The molecule has 0 saturated carbocycles. The number of ketones is 1. The third-order valence-electron chi connectivity index (χ3n) is 5.60. The number of allylic oxidation sites excluding steroid dienone is 1. The largest absolute Gasteiger partial charge is 0.358 e. The lowest BCUT2D eigenvalue weighted by atomic mass is 9.67. The van der Waals surface area contributed by atoms with Crippen LogP contribution in [0, 0.1) is 0 Å². The molecular weight excluding hydrogens is 276 g/mol. The molecule has 4 nitrogen and oxygen atoms in total. The molecule has 2 aliphatic heterocycles. The lowest BCUT2D eigenvalue weighted by molar-refractivity contribution is -0.130. The van der Waals surface area contributed by atoms with E-state index in [1.54, 1.807) is 13.8 Å². The highest BCUT2D eigenvalue weighted by Gasteiger charge is 2.58. The van der Waals surface area contributed by atoms with Crippen LogP contribution in [0.25, 0.3) is 0 Å². The second-order valence-corrected chi connectivity index (χ2v) is 6.57. The van der Waals surface area contributed by atoms with Gasteiger partial charge in [0.1, 0.15) is 0 Å². The van der Waals surface area contributed by atoms with Gasteiger partial charge in [-0.2, -0.15) is 0 Å². The molecule has 0 aromatic heterocycles. The number of likely N-dealkylation sites (tertiary alicyclic amines) is 1. The van der Waals surface area contributed by atoms with Gasteiger partial charge in [-0.3, -0.25) is 9.59 Å². The zero-order valence-corrected chi connectivity index (χ0v) is 13.0. The van der Waals surface area contributed by atoms with Crippen LogP contribution in [-0.4, -0.2) is 29.2 Å². The first-order valence-corrected chi connectivity index (χ1v) is 7.94. The number of hydrogen-bond donors (Lipinski definition) is 1. The Kier molecular flexibility index (Phi) is 2.74. The SMILES string of the molecule is CC(=O)C1=C2Nc3ccccc3[C@@]23CCN(C(C)=O)[C@H]3CC1. The smallest absolute Gasteiger partial charge is 0.219 e. The number of rotatable bonds is 1. The van der Waals surface area contributed by atoms with Crippen molar-refractivity contribution >= 4 is 17.4 Å². The maximum atomic E-state index is 12.1. The first-order chi connectivity index (χ1) is 10.6. The lowest BCUT2D eigenvalue weighted by Crippen LogP contribution is -2.47. The van der Waals surface area contributed by atoms with Crippen molar-refractivity contribution in [1.29, 1.82) is 0 Å². The molecule has 1 aromatic rings. The molecule has 4 heteroatoms. The number of para-hydroxylation sites is 1. The van der Waals surface area contributed by atoms with Gasteiger partial charge >= 0.3 is 0 Å². The van der Waals surface area contributed by atoms with Gasteiger partial charge in [0.15, 0.2) is 5.78 Å². The number of Topliss-reactive ketones (excluding diaryl/α,β-unsaturated/α-hetero) is 1. The summed E-state index contributed by atoms with van der Waals surface area (Å²) < 4.78 is 0. The van der Waals surface area contributed by atoms with Crippen molar-refractivity contribution in [3.05, 3.63) is 41.1 Å². The molecular formula is C18H20N2O2. The highest BCUT2D eigenvalue weighted by Crippen LogP contribution is 2.57. The Morgan fingerprint density at radius 1 is 1.27 bits per heavy atom. The number of fused-ring (bicyclic) bond motifs is 1. The molecule has 0 radical (unpaired) electrons. The number of carbonyl (C=O) groups excluding carboxylic acids is 2. The Morgan fingerprint density at radius 3 is 2.77 bits per heavy atom. The van der Waals surface area contributed by atoms with Crippen molar-refractivity contribution in [1.82, 2.24) is 4.90 Å². The van der Waals surface area contributed by atoms with Crippen LogP contribution in [0.5, 0.6) is 0 Å². The summed E-state index contributed by atoms with van der Waals surface area (Å²) in [4.78, 5) is 26.2. The summed E-state index contributed by atoms with van der Waals surface area (Å²) in [5, 5.41) is 3.51. The number of hydrogen-bond acceptors (Lipinski definition) is 3. The zero-order chi connectivity index (χ0) is 15.5. The second-order valence-electron chi connectivity index (χ2n) is 6.57. The van der Waals surface area contributed by atoms with Gasteiger partial charge in [0, 0.05) is 36.5 Å². The van der Waals surface area contributed by atoms with Gasteiger partial charge in [-0.15, -0.1) is 0 Å². The third kappa shape index (κ3) is 1.52. The van der Waals surface area contributed by atoms with E-state index in [2.05, 4.69) is 17.4 Å². The standard InChI is InChI=1S/C18H20N2O2/c1-11(21)13-7-8-16-18(9-10-20(16)12(2)22)14-5-3-4-6-15(14)19-17(13)18/h3-6,16,19H,7-10H2,1-2H3/t16-,18+/m0/s1. The van der Waals surface area contributed by atoms with Gasteiger partial charge in [-0.25, -0.2) is 0 Å². The quantitative estimate of drug-likeness (QED) is 0.866. The Hall–Kier alpha value is -2.10. The van der Waals surface area contributed by atoms with Gasteiger partial charge in [0.05, 0.1) is 5.41 Å². The predicted molar refractivity (Wildman–Crippen MR) is 84.5 cm³/mol. The molecule has 1 N–H and O–H groups in total. The summed E-state index contributed by atoms with van der Waals surface area (Å²) in [5.74, 6) is 0.284. The van der Waals surface area contributed by atoms with Gasteiger partial charge in [-0.1, -0.05) is 18.2 Å². The molecule has 1 fully saturated rings. The number of nitrogens with zero attached hydrogens (tertiary/aromatic N) is 1. The Labute approximate surface area is 130 Å². The molecule has 2 heterocycles. The van der Waals surface area contributed by atoms with Crippen molar-refractivity contribution in [2.45, 2.75) is 44.6 Å². The molecule has 0 bridgehead atoms. The number of amides is 1. The summed E-state index contributed by atoms with van der Waals surface area (Å²) in [5.41, 5.74) is 4.10. The van der Waals surface area contributed by atoms with Gasteiger partial charge in [0.2, 0.25) is 5.91 Å². The zero-order valence-electron chi connectivity index (χ0n) is 13.0. The summed E-state index contributed by atoms with van der Waals surface area (Å²) in [7, 11) is 0. The minimum Gasteiger partial charge on any atom is -0.358 e. The van der Waals surface area contributed by atoms with Crippen LogP contribution in [0.4, 0.5) is 5.69 Å². The molecule has 3 aliphatic rings. The van der Waals surface area contributed by atoms with Crippen molar-refractivity contribution in [2.75, 3.05) is 11.9 Å².